The first-order valence-electron chi connectivity index (χ1n) is 6.84. The van der Waals surface area contributed by atoms with Gasteiger partial charge in [0.05, 0.1) is 11.4 Å². The van der Waals surface area contributed by atoms with Crippen LogP contribution in [0.25, 0.3) is 0 Å². The van der Waals surface area contributed by atoms with Crippen molar-refractivity contribution in [3.63, 3.8) is 0 Å². The van der Waals surface area contributed by atoms with Crippen molar-refractivity contribution in [2.24, 2.45) is 5.92 Å². The number of hydrogen-bond donors (Lipinski definition) is 2. The zero-order valence-electron chi connectivity index (χ0n) is 10.8. The fraction of sp³-hybridized carbons (Fsp3) is 0.692. The Bertz CT molecular complexity index is 460. The van der Waals surface area contributed by atoms with Gasteiger partial charge in [0.15, 0.2) is 5.69 Å². The van der Waals surface area contributed by atoms with Crippen molar-refractivity contribution in [1.29, 1.82) is 0 Å². The zero-order chi connectivity index (χ0) is 12.7. The number of aromatic amines is 1. The molecule has 18 heavy (non-hydrogen) atoms. The smallest absolute Gasteiger partial charge is 0.276 e. The monoisotopic (exact) mass is 248 g/mol. The summed E-state index contributed by atoms with van der Waals surface area (Å²) in [5.41, 5.74) is 7.79. The first kappa shape index (κ1) is 11.6. The molecule has 3 N–H and O–H groups in total. The molecule has 0 atom stereocenters. The fourth-order valence-electron chi connectivity index (χ4n) is 2.32. The number of nitrogens with zero attached hydrogens (tertiary/aromatic N) is 2. The molecule has 2 aliphatic rings. The lowest BCUT2D eigenvalue weighted by molar-refractivity contribution is 0.0730. The second kappa shape index (κ2) is 4.30. The lowest BCUT2D eigenvalue weighted by atomic mass is 10.2. The average molecular weight is 248 g/mol. The molecule has 0 saturated heterocycles. The summed E-state index contributed by atoms with van der Waals surface area (Å²) in [6.07, 6.45) is 5.55. The third kappa shape index (κ3) is 2.09. The second-order valence-electron chi connectivity index (χ2n) is 5.45. The zero-order valence-corrected chi connectivity index (χ0v) is 10.8. The summed E-state index contributed by atoms with van der Waals surface area (Å²) in [4.78, 5) is 14.5. The maximum absolute atomic E-state index is 12.5. The van der Waals surface area contributed by atoms with Gasteiger partial charge in [0.25, 0.3) is 5.91 Å². The van der Waals surface area contributed by atoms with Crippen LogP contribution in [-0.4, -0.2) is 33.6 Å². The molecular weight excluding hydrogens is 228 g/mol. The Morgan fingerprint density at radius 1 is 1.44 bits per heavy atom. The summed E-state index contributed by atoms with van der Waals surface area (Å²) in [6.45, 7) is 2.89. The van der Waals surface area contributed by atoms with Crippen molar-refractivity contribution in [3.05, 3.63) is 11.4 Å². The fourth-order valence-corrected chi connectivity index (χ4v) is 2.32. The SMILES string of the molecule is CCc1[nH]nc(C(=O)N(CC2CC2)C2CC2)c1N. The number of aromatic nitrogens is 2. The van der Waals surface area contributed by atoms with Gasteiger partial charge in [-0.3, -0.25) is 9.89 Å². The number of nitrogens with one attached hydrogen (secondary N) is 1. The first-order valence-corrected chi connectivity index (χ1v) is 6.84. The van der Waals surface area contributed by atoms with E-state index in [2.05, 4.69) is 10.2 Å². The van der Waals surface area contributed by atoms with Crippen molar-refractivity contribution in [2.45, 2.75) is 45.1 Å². The van der Waals surface area contributed by atoms with Crippen LogP contribution in [0.3, 0.4) is 0 Å². The van der Waals surface area contributed by atoms with Crippen LogP contribution in [0.1, 0.15) is 48.8 Å². The number of H-pyrrole nitrogens is 1. The summed E-state index contributed by atoms with van der Waals surface area (Å²) >= 11 is 0. The van der Waals surface area contributed by atoms with E-state index >= 15 is 0 Å². The van der Waals surface area contributed by atoms with E-state index in [9.17, 15) is 4.79 Å². The van der Waals surface area contributed by atoms with Gasteiger partial charge >= 0.3 is 0 Å². The van der Waals surface area contributed by atoms with Crippen LogP contribution in [-0.2, 0) is 6.42 Å². The van der Waals surface area contributed by atoms with Crippen molar-refractivity contribution in [3.8, 4) is 0 Å². The standard InChI is InChI=1S/C13H20N4O/c1-2-10-11(14)12(16-15-10)13(18)17(9-5-6-9)7-8-3-4-8/h8-9H,2-7,14H2,1H3,(H,15,16). The number of nitrogen functional groups attached to an aromatic ring is 1. The third-order valence-corrected chi connectivity index (χ3v) is 3.84. The maximum Gasteiger partial charge on any atom is 0.276 e. The Hall–Kier alpha value is -1.52. The molecule has 0 aromatic carbocycles. The van der Waals surface area contributed by atoms with Gasteiger partial charge in [-0.2, -0.15) is 5.10 Å². The van der Waals surface area contributed by atoms with Crippen molar-refractivity contribution >= 4 is 11.6 Å². The normalized spacial score (nSPS) is 18.9. The number of nitrogens with two attached hydrogens (primary N) is 1. The highest BCUT2D eigenvalue weighted by molar-refractivity contribution is 5.98. The number of anilines is 1. The molecule has 0 unspecified atom stereocenters. The van der Waals surface area contributed by atoms with Crippen LogP contribution in [0.15, 0.2) is 0 Å². The van der Waals surface area contributed by atoms with Gasteiger partial charge in [0, 0.05) is 12.6 Å². The molecule has 0 radical (unpaired) electrons. The van der Waals surface area contributed by atoms with E-state index in [-0.39, 0.29) is 5.91 Å². The molecule has 0 aliphatic heterocycles. The van der Waals surface area contributed by atoms with E-state index in [1.807, 2.05) is 11.8 Å². The molecule has 1 aromatic heterocycles. The van der Waals surface area contributed by atoms with Crippen LogP contribution in [0.2, 0.25) is 0 Å². The highest BCUT2D eigenvalue weighted by Crippen LogP contribution is 2.36. The number of rotatable bonds is 5. The molecule has 3 rings (SSSR count). The van der Waals surface area contributed by atoms with Crippen LogP contribution in [0.5, 0.6) is 0 Å². The molecule has 2 saturated carbocycles. The number of carbonyl (C=O) groups is 1. The summed E-state index contributed by atoms with van der Waals surface area (Å²) in [7, 11) is 0. The topological polar surface area (TPSA) is 75.0 Å². The Kier molecular flexibility index (Phi) is 2.76. The molecule has 1 amide bonds. The molecule has 1 aromatic rings. The average Bonchev–Trinajstić information content (AvgIpc) is 3.24. The van der Waals surface area contributed by atoms with Crippen LogP contribution < -0.4 is 5.73 Å². The molecule has 1 heterocycles. The number of aryl methyl sites for hydroxylation is 1. The summed E-state index contributed by atoms with van der Waals surface area (Å²) < 4.78 is 0. The summed E-state index contributed by atoms with van der Waals surface area (Å²) in [5, 5.41) is 6.97. The Morgan fingerprint density at radius 3 is 2.67 bits per heavy atom. The minimum atomic E-state index is 0.0119. The van der Waals surface area contributed by atoms with Gasteiger partial charge in [-0.15, -0.1) is 0 Å². The number of hydrogen-bond acceptors (Lipinski definition) is 3. The maximum atomic E-state index is 12.5. The lowest BCUT2D eigenvalue weighted by Gasteiger charge is -2.21. The summed E-state index contributed by atoms with van der Waals surface area (Å²) in [5.74, 6) is 0.721. The van der Waals surface area contributed by atoms with Gasteiger partial charge in [-0.25, -0.2) is 0 Å². The highest BCUT2D eigenvalue weighted by Gasteiger charge is 2.38. The van der Waals surface area contributed by atoms with E-state index in [1.54, 1.807) is 0 Å². The second-order valence-corrected chi connectivity index (χ2v) is 5.45. The molecule has 0 bridgehead atoms. The quantitative estimate of drug-likeness (QED) is 0.830. The Balaban J connectivity index is 1.79. The van der Waals surface area contributed by atoms with Crippen LogP contribution in [0, 0.1) is 5.92 Å². The van der Waals surface area contributed by atoms with Crippen molar-refractivity contribution < 1.29 is 4.79 Å². The largest absolute Gasteiger partial charge is 0.395 e. The van der Waals surface area contributed by atoms with Gasteiger partial charge < -0.3 is 10.6 Å². The molecular formula is C13H20N4O. The molecule has 2 aliphatic carbocycles. The molecule has 5 heteroatoms. The molecule has 5 nitrogen and oxygen atoms in total. The van der Waals surface area contributed by atoms with Gasteiger partial charge in [-0.1, -0.05) is 6.92 Å². The van der Waals surface area contributed by atoms with Gasteiger partial charge in [0.2, 0.25) is 0 Å². The van der Waals surface area contributed by atoms with Crippen molar-refractivity contribution in [2.75, 3.05) is 12.3 Å². The minimum absolute atomic E-state index is 0.0119. The van der Waals surface area contributed by atoms with Gasteiger partial charge in [-0.05, 0) is 38.0 Å². The lowest BCUT2D eigenvalue weighted by Crippen LogP contribution is -2.35. The van der Waals surface area contributed by atoms with E-state index in [0.717, 1.165) is 31.5 Å². The predicted molar refractivity (Wildman–Crippen MR) is 69.2 cm³/mol. The number of carbonyl (C=O) groups excluding carboxylic acids is 1. The van der Waals surface area contributed by atoms with Crippen LogP contribution >= 0.6 is 0 Å². The minimum Gasteiger partial charge on any atom is -0.395 e. The Morgan fingerprint density at radius 2 is 2.17 bits per heavy atom. The number of amides is 1. The van der Waals surface area contributed by atoms with Crippen molar-refractivity contribution in [1.82, 2.24) is 15.1 Å². The highest BCUT2D eigenvalue weighted by atomic mass is 16.2. The van der Waals surface area contributed by atoms with Gasteiger partial charge in [0.1, 0.15) is 0 Å². The van der Waals surface area contributed by atoms with Crippen LogP contribution in [0.4, 0.5) is 5.69 Å². The first-order chi connectivity index (χ1) is 8.70. The predicted octanol–water partition coefficient (Wildman–Crippen LogP) is 1.57. The molecule has 0 spiro atoms. The van der Waals surface area contributed by atoms with E-state index < -0.39 is 0 Å². The van der Waals surface area contributed by atoms with E-state index in [4.69, 9.17) is 5.73 Å². The molecule has 2 fully saturated rings. The Labute approximate surface area is 107 Å². The molecule has 98 valence electrons. The summed E-state index contributed by atoms with van der Waals surface area (Å²) in [6, 6.07) is 0.430. The van der Waals surface area contributed by atoms with E-state index in [0.29, 0.717) is 23.3 Å². The third-order valence-electron chi connectivity index (χ3n) is 3.84. The van der Waals surface area contributed by atoms with E-state index in [1.165, 1.54) is 12.8 Å².